The average Bonchev–Trinajstić information content (AvgIpc) is 2.57. The molecule has 1 atom stereocenters. The SMILES string of the molecule is Cc1cccc(NC(=S)NC2CCS(=O)(=O)C2)c1. The highest BCUT2D eigenvalue weighted by Gasteiger charge is 2.28. The molecule has 0 saturated carbocycles. The molecule has 6 heteroatoms. The first-order chi connectivity index (χ1) is 8.44. The molecule has 1 aromatic rings. The average molecular weight is 284 g/mol. The molecule has 98 valence electrons. The third-order valence-electron chi connectivity index (χ3n) is 2.84. The number of anilines is 1. The van der Waals surface area contributed by atoms with Gasteiger partial charge in [0.05, 0.1) is 11.5 Å². The second-order valence-electron chi connectivity index (χ2n) is 4.57. The fourth-order valence-electron chi connectivity index (χ4n) is 1.98. The van der Waals surface area contributed by atoms with Gasteiger partial charge < -0.3 is 10.6 Å². The van der Waals surface area contributed by atoms with Gasteiger partial charge in [0.1, 0.15) is 0 Å². The zero-order valence-corrected chi connectivity index (χ0v) is 11.8. The molecule has 1 aromatic carbocycles. The molecule has 0 bridgehead atoms. The van der Waals surface area contributed by atoms with Crippen LogP contribution in [0.1, 0.15) is 12.0 Å². The Morgan fingerprint density at radius 1 is 1.44 bits per heavy atom. The normalized spacial score (nSPS) is 21.5. The van der Waals surface area contributed by atoms with Crippen LogP contribution < -0.4 is 10.6 Å². The van der Waals surface area contributed by atoms with Crippen LogP contribution in [0.4, 0.5) is 5.69 Å². The van der Waals surface area contributed by atoms with Crippen LogP contribution in [-0.2, 0) is 9.84 Å². The second kappa shape index (κ2) is 5.24. The van der Waals surface area contributed by atoms with Gasteiger partial charge in [0.15, 0.2) is 14.9 Å². The Hall–Kier alpha value is -1.14. The topological polar surface area (TPSA) is 58.2 Å². The summed E-state index contributed by atoms with van der Waals surface area (Å²) in [4.78, 5) is 0. The van der Waals surface area contributed by atoms with Crippen molar-refractivity contribution in [1.82, 2.24) is 5.32 Å². The molecule has 0 aliphatic carbocycles. The van der Waals surface area contributed by atoms with Crippen LogP contribution in [0, 0.1) is 6.92 Å². The summed E-state index contributed by atoms with van der Waals surface area (Å²) in [5.74, 6) is 0.417. The molecular formula is C12H16N2O2S2. The zero-order chi connectivity index (χ0) is 13.2. The van der Waals surface area contributed by atoms with Crippen LogP contribution in [0.2, 0.25) is 0 Å². The summed E-state index contributed by atoms with van der Waals surface area (Å²) in [5.41, 5.74) is 2.06. The predicted octanol–water partition coefficient (Wildman–Crippen LogP) is 1.47. The fraction of sp³-hybridized carbons (Fsp3) is 0.417. The first-order valence-corrected chi connectivity index (χ1v) is 8.02. The smallest absolute Gasteiger partial charge is 0.171 e. The quantitative estimate of drug-likeness (QED) is 0.805. The van der Waals surface area contributed by atoms with E-state index in [1.165, 1.54) is 0 Å². The van der Waals surface area contributed by atoms with Gasteiger partial charge in [0, 0.05) is 11.7 Å². The molecule has 1 aliphatic rings. The van der Waals surface area contributed by atoms with E-state index in [0.29, 0.717) is 11.5 Å². The lowest BCUT2D eigenvalue weighted by atomic mass is 10.2. The second-order valence-corrected chi connectivity index (χ2v) is 7.20. The van der Waals surface area contributed by atoms with E-state index in [1.54, 1.807) is 0 Å². The molecule has 1 saturated heterocycles. The van der Waals surface area contributed by atoms with Crippen LogP contribution >= 0.6 is 12.2 Å². The van der Waals surface area contributed by atoms with Crippen molar-refractivity contribution in [3.05, 3.63) is 29.8 Å². The van der Waals surface area contributed by atoms with E-state index in [0.717, 1.165) is 11.3 Å². The van der Waals surface area contributed by atoms with E-state index in [2.05, 4.69) is 10.6 Å². The lowest BCUT2D eigenvalue weighted by molar-refractivity contribution is 0.600. The van der Waals surface area contributed by atoms with Gasteiger partial charge in [0.25, 0.3) is 0 Å². The van der Waals surface area contributed by atoms with Crippen LogP contribution in [0.15, 0.2) is 24.3 Å². The Balaban J connectivity index is 1.90. The predicted molar refractivity (Wildman–Crippen MR) is 77.6 cm³/mol. The van der Waals surface area contributed by atoms with E-state index in [9.17, 15) is 8.42 Å². The number of hydrogen-bond donors (Lipinski definition) is 2. The number of benzene rings is 1. The number of nitrogens with one attached hydrogen (secondary N) is 2. The number of hydrogen-bond acceptors (Lipinski definition) is 3. The van der Waals surface area contributed by atoms with Gasteiger partial charge in [-0.05, 0) is 43.3 Å². The fourth-order valence-corrected chi connectivity index (χ4v) is 3.94. The van der Waals surface area contributed by atoms with Gasteiger partial charge in [-0.1, -0.05) is 12.1 Å². The minimum absolute atomic E-state index is 0.0696. The maximum absolute atomic E-state index is 11.3. The number of rotatable bonds is 2. The van der Waals surface area contributed by atoms with Crippen LogP contribution in [0.3, 0.4) is 0 Å². The monoisotopic (exact) mass is 284 g/mol. The van der Waals surface area contributed by atoms with Crippen molar-refractivity contribution in [1.29, 1.82) is 0 Å². The van der Waals surface area contributed by atoms with E-state index in [4.69, 9.17) is 12.2 Å². The van der Waals surface area contributed by atoms with Gasteiger partial charge in [-0.25, -0.2) is 8.42 Å². The molecule has 1 aliphatic heterocycles. The highest BCUT2D eigenvalue weighted by molar-refractivity contribution is 7.91. The highest BCUT2D eigenvalue weighted by Crippen LogP contribution is 2.12. The van der Waals surface area contributed by atoms with Gasteiger partial charge in [-0.2, -0.15) is 0 Å². The molecule has 0 radical (unpaired) electrons. The molecule has 0 spiro atoms. The molecule has 2 N–H and O–H groups in total. The van der Waals surface area contributed by atoms with Crippen molar-refractivity contribution in [2.45, 2.75) is 19.4 Å². The van der Waals surface area contributed by atoms with Crippen LogP contribution in [0.5, 0.6) is 0 Å². The van der Waals surface area contributed by atoms with Crippen molar-refractivity contribution >= 4 is 32.9 Å². The maximum Gasteiger partial charge on any atom is 0.171 e. The van der Waals surface area contributed by atoms with E-state index >= 15 is 0 Å². The van der Waals surface area contributed by atoms with Crippen molar-refractivity contribution in [3.63, 3.8) is 0 Å². The van der Waals surface area contributed by atoms with Crippen molar-refractivity contribution in [2.75, 3.05) is 16.8 Å². The van der Waals surface area contributed by atoms with E-state index in [1.807, 2.05) is 31.2 Å². The lowest BCUT2D eigenvalue weighted by Crippen LogP contribution is -2.38. The third-order valence-corrected chi connectivity index (χ3v) is 4.83. The lowest BCUT2D eigenvalue weighted by Gasteiger charge is -2.15. The Labute approximate surface area is 113 Å². The summed E-state index contributed by atoms with van der Waals surface area (Å²) >= 11 is 5.17. The summed E-state index contributed by atoms with van der Waals surface area (Å²) in [6.45, 7) is 2.01. The highest BCUT2D eigenvalue weighted by atomic mass is 32.2. The minimum atomic E-state index is -2.87. The Morgan fingerprint density at radius 3 is 2.83 bits per heavy atom. The molecular weight excluding hydrogens is 268 g/mol. The molecule has 0 amide bonds. The van der Waals surface area contributed by atoms with E-state index < -0.39 is 9.84 Å². The summed E-state index contributed by atoms with van der Waals surface area (Å²) < 4.78 is 22.6. The van der Waals surface area contributed by atoms with Crippen LogP contribution in [0.25, 0.3) is 0 Å². The van der Waals surface area contributed by atoms with Gasteiger partial charge in [-0.3, -0.25) is 0 Å². The minimum Gasteiger partial charge on any atom is -0.359 e. The third kappa shape index (κ3) is 3.68. The van der Waals surface area contributed by atoms with E-state index in [-0.39, 0.29) is 17.5 Å². The standard InChI is InChI=1S/C12H16N2O2S2/c1-9-3-2-4-10(7-9)13-12(17)14-11-5-6-18(15,16)8-11/h2-4,7,11H,5-6,8H2,1H3,(H2,13,14,17). The molecule has 1 heterocycles. The Morgan fingerprint density at radius 2 is 2.22 bits per heavy atom. The summed E-state index contributed by atoms with van der Waals surface area (Å²) in [6, 6.07) is 7.79. The molecule has 1 unspecified atom stereocenters. The van der Waals surface area contributed by atoms with Crippen molar-refractivity contribution in [3.8, 4) is 0 Å². The molecule has 4 nitrogen and oxygen atoms in total. The zero-order valence-electron chi connectivity index (χ0n) is 10.1. The largest absolute Gasteiger partial charge is 0.359 e. The summed E-state index contributed by atoms with van der Waals surface area (Å²) in [6.07, 6.45) is 0.623. The van der Waals surface area contributed by atoms with Crippen LogP contribution in [-0.4, -0.2) is 31.1 Å². The molecule has 0 aromatic heterocycles. The number of thiocarbonyl (C=S) groups is 1. The number of sulfone groups is 1. The van der Waals surface area contributed by atoms with Crippen molar-refractivity contribution in [2.24, 2.45) is 0 Å². The molecule has 1 fully saturated rings. The Kier molecular flexibility index (Phi) is 3.87. The molecule has 18 heavy (non-hydrogen) atoms. The summed E-state index contributed by atoms with van der Waals surface area (Å²) in [5, 5.41) is 6.58. The first-order valence-electron chi connectivity index (χ1n) is 5.79. The van der Waals surface area contributed by atoms with Gasteiger partial charge in [-0.15, -0.1) is 0 Å². The summed E-state index contributed by atoms with van der Waals surface area (Å²) in [7, 11) is -2.87. The van der Waals surface area contributed by atoms with Crippen molar-refractivity contribution < 1.29 is 8.42 Å². The number of aryl methyl sites for hydroxylation is 1. The molecule has 2 rings (SSSR count). The maximum atomic E-state index is 11.3. The Bertz CT molecular complexity index is 555. The van der Waals surface area contributed by atoms with Gasteiger partial charge in [0.2, 0.25) is 0 Å². The first kappa shape index (κ1) is 13.3. The van der Waals surface area contributed by atoms with Gasteiger partial charge >= 0.3 is 0 Å².